The van der Waals surface area contributed by atoms with Gasteiger partial charge in [-0.15, -0.1) is 0 Å². The fourth-order valence-corrected chi connectivity index (χ4v) is 2.37. The lowest BCUT2D eigenvalue weighted by Gasteiger charge is -2.22. The Morgan fingerprint density at radius 3 is 2.73 bits per heavy atom. The first-order valence-electron chi connectivity index (χ1n) is 7.07. The first kappa shape index (κ1) is 16.1. The number of nitrogens with zero attached hydrogens (tertiary/aromatic N) is 2. The molecule has 0 aliphatic carbocycles. The molecule has 118 valence electrons. The second-order valence-corrected chi connectivity index (χ2v) is 4.86. The quantitative estimate of drug-likeness (QED) is 0.822. The van der Waals surface area contributed by atoms with E-state index in [1.807, 2.05) is 19.1 Å². The minimum absolute atomic E-state index is 0.204. The highest BCUT2D eigenvalue weighted by Gasteiger charge is 2.23. The summed E-state index contributed by atoms with van der Waals surface area (Å²) in [6.45, 7) is 1.50. The Balaban J connectivity index is 2.45. The van der Waals surface area contributed by atoms with Gasteiger partial charge in [0.2, 0.25) is 0 Å². The van der Waals surface area contributed by atoms with Crippen molar-refractivity contribution in [3.05, 3.63) is 36.0 Å². The normalized spacial score (nSPS) is 11.0. The highest BCUT2D eigenvalue weighted by atomic mass is 19.3. The molecular formula is C16H18F2N2O2. The summed E-state index contributed by atoms with van der Waals surface area (Å²) in [5.74, 6) is -0.122. The van der Waals surface area contributed by atoms with E-state index in [-0.39, 0.29) is 12.1 Å². The lowest BCUT2D eigenvalue weighted by atomic mass is 10.1. The topological polar surface area (TPSA) is 42.4 Å². The number of fused-ring (bicyclic) bond motifs is 1. The zero-order valence-corrected chi connectivity index (χ0v) is 12.6. The summed E-state index contributed by atoms with van der Waals surface area (Å²) in [4.78, 5) is 17.9. The lowest BCUT2D eigenvalue weighted by molar-refractivity contribution is 0.0552. The molecule has 0 radical (unpaired) electrons. The first-order valence-corrected chi connectivity index (χ1v) is 7.07. The van der Waals surface area contributed by atoms with Gasteiger partial charge in [-0.1, -0.05) is 19.1 Å². The molecule has 0 N–H and O–H groups in total. The highest BCUT2D eigenvalue weighted by Crippen LogP contribution is 2.29. The average Bonchev–Trinajstić information content (AvgIpc) is 2.52. The molecule has 0 bridgehead atoms. The van der Waals surface area contributed by atoms with Crippen molar-refractivity contribution in [2.24, 2.45) is 0 Å². The molecule has 1 amide bonds. The molecule has 2 rings (SSSR count). The van der Waals surface area contributed by atoms with Crippen LogP contribution in [0.4, 0.5) is 8.78 Å². The number of benzene rings is 1. The molecule has 0 aliphatic rings. The molecule has 0 atom stereocenters. The number of ether oxygens (including phenoxy) is 1. The van der Waals surface area contributed by atoms with Crippen molar-refractivity contribution in [3.8, 4) is 5.75 Å². The van der Waals surface area contributed by atoms with Crippen molar-refractivity contribution < 1.29 is 18.3 Å². The molecule has 4 nitrogen and oxygen atoms in total. The molecule has 0 saturated carbocycles. The van der Waals surface area contributed by atoms with E-state index in [1.165, 1.54) is 13.3 Å². The van der Waals surface area contributed by atoms with Gasteiger partial charge < -0.3 is 9.64 Å². The van der Waals surface area contributed by atoms with E-state index in [0.717, 1.165) is 4.90 Å². The van der Waals surface area contributed by atoms with Gasteiger partial charge in [0.1, 0.15) is 11.3 Å². The van der Waals surface area contributed by atoms with E-state index in [0.29, 0.717) is 23.1 Å². The van der Waals surface area contributed by atoms with Crippen LogP contribution < -0.4 is 4.74 Å². The molecule has 22 heavy (non-hydrogen) atoms. The van der Waals surface area contributed by atoms with Crippen molar-refractivity contribution in [1.29, 1.82) is 0 Å². The SMILES string of the molecule is CCCN(CC(F)F)C(=O)c1cnc2ccccc2c1OC. The number of carbonyl (C=O) groups is 1. The summed E-state index contributed by atoms with van der Waals surface area (Å²) in [5, 5.41) is 0.685. The fourth-order valence-electron chi connectivity index (χ4n) is 2.37. The Morgan fingerprint density at radius 1 is 1.36 bits per heavy atom. The minimum Gasteiger partial charge on any atom is -0.495 e. The summed E-state index contributed by atoms with van der Waals surface area (Å²) < 4.78 is 30.7. The van der Waals surface area contributed by atoms with E-state index in [9.17, 15) is 13.6 Å². The number of hydrogen-bond acceptors (Lipinski definition) is 3. The summed E-state index contributed by atoms with van der Waals surface area (Å²) in [6, 6.07) is 7.23. The first-order chi connectivity index (χ1) is 10.6. The van der Waals surface area contributed by atoms with Gasteiger partial charge in [0.05, 0.1) is 19.2 Å². The van der Waals surface area contributed by atoms with Gasteiger partial charge in [-0.3, -0.25) is 9.78 Å². The number of carbonyl (C=O) groups excluding carboxylic acids is 1. The second kappa shape index (κ2) is 7.15. The monoisotopic (exact) mass is 308 g/mol. The lowest BCUT2D eigenvalue weighted by Crippen LogP contribution is -2.36. The molecule has 0 saturated heterocycles. The van der Waals surface area contributed by atoms with Crippen LogP contribution in [0.3, 0.4) is 0 Å². The number of alkyl halides is 2. The zero-order valence-electron chi connectivity index (χ0n) is 12.6. The Labute approximate surface area is 127 Å². The summed E-state index contributed by atoms with van der Waals surface area (Å²) in [7, 11) is 1.45. The predicted molar refractivity (Wildman–Crippen MR) is 80.5 cm³/mol. The van der Waals surface area contributed by atoms with Crippen LogP contribution >= 0.6 is 0 Å². The second-order valence-electron chi connectivity index (χ2n) is 4.86. The Kier molecular flexibility index (Phi) is 5.25. The van der Waals surface area contributed by atoms with E-state index in [4.69, 9.17) is 4.74 Å². The van der Waals surface area contributed by atoms with Gasteiger partial charge in [0, 0.05) is 18.1 Å². The van der Waals surface area contributed by atoms with Crippen molar-refractivity contribution >= 4 is 16.8 Å². The molecule has 1 aromatic carbocycles. The number of methoxy groups -OCH3 is 1. The van der Waals surface area contributed by atoms with Crippen molar-refractivity contribution in [2.45, 2.75) is 19.8 Å². The van der Waals surface area contributed by atoms with Crippen LogP contribution in [0.1, 0.15) is 23.7 Å². The Morgan fingerprint density at radius 2 is 2.09 bits per heavy atom. The van der Waals surface area contributed by atoms with Gasteiger partial charge in [-0.2, -0.15) is 0 Å². The van der Waals surface area contributed by atoms with Crippen LogP contribution in [0, 0.1) is 0 Å². The smallest absolute Gasteiger partial charge is 0.259 e. The molecule has 0 fully saturated rings. The number of para-hydroxylation sites is 1. The Hall–Kier alpha value is -2.24. The van der Waals surface area contributed by atoms with Gasteiger partial charge in [-0.05, 0) is 18.6 Å². The number of halogens is 2. The third kappa shape index (κ3) is 3.32. The van der Waals surface area contributed by atoms with Crippen LogP contribution in [-0.2, 0) is 0 Å². The number of pyridine rings is 1. The predicted octanol–water partition coefficient (Wildman–Crippen LogP) is 3.36. The molecular weight excluding hydrogens is 290 g/mol. The van der Waals surface area contributed by atoms with Crippen LogP contribution in [0.5, 0.6) is 5.75 Å². The standard InChI is InChI=1S/C16H18F2N2O2/c1-3-8-20(10-14(17)18)16(21)12-9-19-13-7-5-4-6-11(13)15(12)22-2/h4-7,9,14H,3,8,10H2,1-2H3. The van der Waals surface area contributed by atoms with Gasteiger partial charge in [-0.25, -0.2) is 8.78 Å². The molecule has 0 aliphatic heterocycles. The maximum absolute atomic E-state index is 12.7. The van der Waals surface area contributed by atoms with Gasteiger partial charge in [0.25, 0.3) is 12.3 Å². The number of rotatable bonds is 6. The zero-order chi connectivity index (χ0) is 16.1. The van der Waals surface area contributed by atoms with Crippen molar-refractivity contribution in [2.75, 3.05) is 20.2 Å². The van der Waals surface area contributed by atoms with Crippen LogP contribution in [0.15, 0.2) is 30.5 Å². The molecule has 1 aromatic heterocycles. The molecule has 1 heterocycles. The highest BCUT2D eigenvalue weighted by molar-refractivity contribution is 6.02. The largest absolute Gasteiger partial charge is 0.495 e. The molecule has 6 heteroatoms. The third-order valence-corrected chi connectivity index (χ3v) is 3.30. The average molecular weight is 308 g/mol. The van der Waals surface area contributed by atoms with Crippen molar-refractivity contribution in [3.63, 3.8) is 0 Å². The summed E-state index contributed by atoms with van der Waals surface area (Å²) >= 11 is 0. The van der Waals surface area contributed by atoms with Crippen LogP contribution in [0.25, 0.3) is 10.9 Å². The third-order valence-electron chi connectivity index (χ3n) is 3.30. The number of amides is 1. The minimum atomic E-state index is -2.57. The van der Waals surface area contributed by atoms with E-state index < -0.39 is 18.9 Å². The number of hydrogen-bond donors (Lipinski definition) is 0. The maximum atomic E-state index is 12.7. The van der Waals surface area contributed by atoms with E-state index >= 15 is 0 Å². The van der Waals surface area contributed by atoms with Gasteiger partial charge in [0.15, 0.2) is 0 Å². The van der Waals surface area contributed by atoms with Gasteiger partial charge >= 0.3 is 0 Å². The maximum Gasteiger partial charge on any atom is 0.259 e. The Bertz CT molecular complexity index is 662. The fraction of sp³-hybridized carbons (Fsp3) is 0.375. The van der Waals surface area contributed by atoms with E-state index in [2.05, 4.69) is 4.98 Å². The van der Waals surface area contributed by atoms with E-state index in [1.54, 1.807) is 12.1 Å². The molecule has 2 aromatic rings. The molecule has 0 unspecified atom stereocenters. The number of aromatic nitrogens is 1. The summed E-state index contributed by atoms with van der Waals surface area (Å²) in [6.07, 6.45) is -0.589. The summed E-state index contributed by atoms with van der Waals surface area (Å²) in [5.41, 5.74) is 0.891. The molecule has 0 spiro atoms. The van der Waals surface area contributed by atoms with Crippen LogP contribution in [-0.4, -0.2) is 42.4 Å². The van der Waals surface area contributed by atoms with Crippen molar-refractivity contribution in [1.82, 2.24) is 9.88 Å². The van der Waals surface area contributed by atoms with Crippen LogP contribution in [0.2, 0.25) is 0 Å².